The Morgan fingerprint density at radius 1 is 0.897 bits per heavy atom. The van der Waals surface area contributed by atoms with Gasteiger partial charge < -0.3 is 10.2 Å². The molecule has 4 aromatic heterocycles. The van der Waals surface area contributed by atoms with Gasteiger partial charge in [-0.1, -0.05) is 12.1 Å². The van der Waals surface area contributed by atoms with Crippen LogP contribution in [0.2, 0.25) is 0 Å². The maximum atomic E-state index is 13.2. The average Bonchev–Trinajstić information content (AvgIpc) is 3.67. The Morgan fingerprint density at radius 2 is 1.54 bits per heavy atom. The van der Waals surface area contributed by atoms with Gasteiger partial charge >= 0.3 is 0 Å². The zero-order chi connectivity index (χ0) is 27.0. The lowest BCUT2D eigenvalue weighted by atomic mass is 10.2. The number of sulfonamides is 1. The van der Waals surface area contributed by atoms with Gasteiger partial charge in [0.25, 0.3) is 0 Å². The Labute approximate surface area is 233 Å². The van der Waals surface area contributed by atoms with Crippen molar-refractivity contribution >= 4 is 61.1 Å². The van der Waals surface area contributed by atoms with Crippen molar-refractivity contribution in [2.24, 2.45) is 0 Å². The molecule has 1 saturated heterocycles. The fraction of sp³-hybridized carbons (Fsp3) is 0.185. The van der Waals surface area contributed by atoms with Crippen LogP contribution < -0.4 is 10.2 Å². The highest BCUT2D eigenvalue weighted by Gasteiger charge is 2.29. The monoisotopic (exact) mass is 576 g/mol. The molecule has 39 heavy (non-hydrogen) atoms. The van der Waals surface area contributed by atoms with E-state index in [1.165, 1.54) is 23.4 Å². The van der Waals surface area contributed by atoms with Gasteiger partial charge in [0, 0.05) is 38.8 Å². The van der Waals surface area contributed by atoms with Gasteiger partial charge in [0.2, 0.25) is 15.9 Å². The van der Waals surface area contributed by atoms with Crippen LogP contribution in [0.3, 0.4) is 0 Å². The average molecular weight is 577 g/mol. The number of hydrogen-bond acceptors (Lipinski definition) is 9. The standard InChI is InChI=1S/C27H24N6O3S3/c1-18(34)29-19-6-8-21(9-7-19)39(35,36)33-12-10-32(11-13-33)20-16-22-27(28-17-20)31-26(24-5-3-15-38-24)25(30-22)23-4-2-14-37-23/h2-9,14-17H,10-13H2,1H3,(H,29,34). The number of benzene rings is 1. The maximum Gasteiger partial charge on any atom is 0.243 e. The number of rotatable bonds is 6. The van der Waals surface area contributed by atoms with Crippen molar-refractivity contribution in [3.8, 4) is 21.1 Å². The lowest BCUT2D eigenvalue weighted by Crippen LogP contribution is -2.48. The molecule has 5 heterocycles. The molecule has 0 bridgehead atoms. The molecule has 1 aromatic carbocycles. The van der Waals surface area contributed by atoms with Gasteiger partial charge in [-0.05, 0) is 53.2 Å². The molecule has 1 fully saturated rings. The van der Waals surface area contributed by atoms with Gasteiger partial charge in [-0.3, -0.25) is 4.79 Å². The summed E-state index contributed by atoms with van der Waals surface area (Å²) in [6, 6.07) is 16.3. The quantitative estimate of drug-likeness (QED) is 0.305. The Kier molecular flexibility index (Phi) is 6.85. The summed E-state index contributed by atoms with van der Waals surface area (Å²) in [5.74, 6) is -0.207. The normalized spacial score (nSPS) is 14.5. The highest BCUT2D eigenvalue weighted by molar-refractivity contribution is 7.89. The van der Waals surface area contributed by atoms with E-state index in [2.05, 4.69) is 15.2 Å². The number of carbonyl (C=O) groups is 1. The molecule has 5 aromatic rings. The first-order valence-corrected chi connectivity index (χ1v) is 15.5. The molecular weight excluding hydrogens is 553 g/mol. The molecule has 1 amide bonds. The zero-order valence-corrected chi connectivity index (χ0v) is 23.4. The van der Waals surface area contributed by atoms with Crippen molar-refractivity contribution < 1.29 is 13.2 Å². The Balaban J connectivity index is 1.22. The first-order chi connectivity index (χ1) is 18.9. The molecule has 1 N–H and O–H groups in total. The minimum Gasteiger partial charge on any atom is -0.368 e. The van der Waals surface area contributed by atoms with Crippen molar-refractivity contribution in [3.63, 3.8) is 0 Å². The predicted octanol–water partition coefficient (Wildman–Crippen LogP) is 4.95. The van der Waals surface area contributed by atoms with Crippen LogP contribution in [0.1, 0.15) is 6.92 Å². The van der Waals surface area contributed by atoms with E-state index in [0.29, 0.717) is 43.0 Å². The summed E-state index contributed by atoms with van der Waals surface area (Å²) in [5.41, 5.74) is 4.37. The lowest BCUT2D eigenvalue weighted by Gasteiger charge is -2.35. The van der Waals surface area contributed by atoms with E-state index in [1.54, 1.807) is 41.0 Å². The topological polar surface area (TPSA) is 108 Å². The van der Waals surface area contributed by atoms with Gasteiger partial charge in [-0.25, -0.2) is 23.4 Å². The Morgan fingerprint density at radius 3 is 2.13 bits per heavy atom. The SMILES string of the molecule is CC(=O)Nc1ccc(S(=O)(=O)N2CCN(c3cnc4nc(-c5cccs5)c(-c5cccs5)nc4c3)CC2)cc1. The summed E-state index contributed by atoms with van der Waals surface area (Å²) in [5, 5.41) is 6.70. The second-order valence-electron chi connectivity index (χ2n) is 9.01. The highest BCUT2D eigenvalue weighted by atomic mass is 32.2. The van der Waals surface area contributed by atoms with Gasteiger partial charge in [-0.15, -0.1) is 22.7 Å². The van der Waals surface area contributed by atoms with Gasteiger partial charge in [0.05, 0.1) is 26.5 Å². The van der Waals surface area contributed by atoms with Gasteiger partial charge in [0.1, 0.15) is 16.9 Å². The predicted molar refractivity (Wildman–Crippen MR) is 156 cm³/mol. The van der Waals surface area contributed by atoms with Crippen molar-refractivity contribution in [2.75, 3.05) is 36.4 Å². The number of fused-ring (bicyclic) bond motifs is 1. The van der Waals surface area contributed by atoms with Gasteiger partial charge in [0.15, 0.2) is 5.65 Å². The molecule has 9 nitrogen and oxygen atoms in total. The van der Waals surface area contributed by atoms with Crippen molar-refractivity contribution in [2.45, 2.75) is 11.8 Å². The number of amides is 1. The number of anilines is 2. The number of nitrogens with one attached hydrogen (secondary N) is 1. The summed E-state index contributed by atoms with van der Waals surface area (Å²) < 4.78 is 27.9. The van der Waals surface area contributed by atoms with Crippen LogP contribution in [0.25, 0.3) is 32.3 Å². The van der Waals surface area contributed by atoms with Crippen molar-refractivity contribution in [3.05, 3.63) is 71.6 Å². The lowest BCUT2D eigenvalue weighted by molar-refractivity contribution is -0.114. The molecule has 198 valence electrons. The third-order valence-corrected chi connectivity index (χ3v) is 10.1. The van der Waals surface area contributed by atoms with Crippen LogP contribution in [0.15, 0.2) is 76.4 Å². The molecule has 12 heteroatoms. The van der Waals surface area contributed by atoms with E-state index in [1.807, 2.05) is 41.1 Å². The zero-order valence-electron chi connectivity index (χ0n) is 20.9. The largest absolute Gasteiger partial charge is 0.368 e. The summed E-state index contributed by atoms with van der Waals surface area (Å²) in [6.07, 6.45) is 1.78. The van der Waals surface area contributed by atoms with E-state index in [0.717, 1.165) is 26.8 Å². The minimum absolute atomic E-state index is 0.204. The van der Waals surface area contributed by atoms with Crippen LogP contribution in [-0.2, 0) is 14.8 Å². The highest BCUT2D eigenvalue weighted by Crippen LogP contribution is 2.35. The minimum atomic E-state index is -3.65. The number of hydrogen-bond donors (Lipinski definition) is 1. The fourth-order valence-corrected chi connectivity index (χ4v) is 7.38. The van der Waals surface area contributed by atoms with E-state index < -0.39 is 10.0 Å². The summed E-state index contributed by atoms with van der Waals surface area (Å²) in [7, 11) is -3.65. The van der Waals surface area contributed by atoms with Crippen LogP contribution in [0.5, 0.6) is 0 Å². The third kappa shape index (κ3) is 5.15. The van der Waals surface area contributed by atoms with E-state index in [4.69, 9.17) is 9.97 Å². The second-order valence-corrected chi connectivity index (χ2v) is 12.8. The fourth-order valence-electron chi connectivity index (χ4n) is 4.53. The molecule has 0 saturated carbocycles. The number of aromatic nitrogens is 3. The molecular formula is C27H24N6O3S3. The molecule has 0 aliphatic carbocycles. The van der Waals surface area contributed by atoms with Crippen LogP contribution in [0.4, 0.5) is 11.4 Å². The molecule has 0 radical (unpaired) electrons. The third-order valence-electron chi connectivity index (χ3n) is 6.43. The van der Waals surface area contributed by atoms with Crippen LogP contribution in [-0.4, -0.2) is 59.8 Å². The molecule has 0 spiro atoms. The first-order valence-electron chi connectivity index (χ1n) is 12.3. The van der Waals surface area contributed by atoms with Crippen molar-refractivity contribution in [1.82, 2.24) is 19.3 Å². The van der Waals surface area contributed by atoms with Crippen LogP contribution >= 0.6 is 22.7 Å². The Bertz CT molecular complexity index is 1730. The summed E-state index contributed by atoms with van der Waals surface area (Å²) >= 11 is 3.24. The molecule has 0 atom stereocenters. The maximum absolute atomic E-state index is 13.2. The number of nitrogens with zero attached hydrogens (tertiary/aromatic N) is 5. The van der Waals surface area contributed by atoms with Crippen molar-refractivity contribution in [1.29, 1.82) is 0 Å². The van der Waals surface area contributed by atoms with E-state index in [9.17, 15) is 13.2 Å². The number of pyridine rings is 1. The molecule has 0 unspecified atom stereocenters. The van der Waals surface area contributed by atoms with E-state index in [-0.39, 0.29) is 10.8 Å². The van der Waals surface area contributed by atoms with Crippen LogP contribution in [0, 0.1) is 0 Å². The smallest absolute Gasteiger partial charge is 0.243 e. The second kappa shape index (κ2) is 10.5. The van der Waals surface area contributed by atoms with E-state index >= 15 is 0 Å². The molecule has 6 rings (SSSR count). The molecule has 1 aliphatic heterocycles. The summed E-state index contributed by atoms with van der Waals surface area (Å²) in [6.45, 7) is 3.14. The summed E-state index contributed by atoms with van der Waals surface area (Å²) in [4.78, 5) is 30.1. The van der Waals surface area contributed by atoms with Gasteiger partial charge in [-0.2, -0.15) is 4.31 Å². The number of thiophene rings is 2. The first kappa shape index (κ1) is 25.6. The number of piperazine rings is 1. The Hall–Kier alpha value is -3.71. The number of carbonyl (C=O) groups excluding carboxylic acids is 1. The molecule has 1 aliphatic rings.